The number of hydrogen-bond acceptors (Lipinski definition) is 5. The van der Waals surface area contributed by atoms with Crippen molar-refractivity contribution in [1.82, 2.24) is 9.80 Å². The van der Waals surface area contributed by atoms with Crippen LogP contribution in [0.2, 0.25) is 5.02 Å². The number of benzene rings is 2. The third kappa shape index (κ3) is 5.33. The van der Waals surface area contributed by atoms with Gasteiger partial charge in [0.2, 0.25) is 0 Å². The maximum atomic E-state index is 12.6. The molecule has 184 valence electrons. The molecule has 0 bridgehead atoms. The minimum absolute atomic E-state index is 0.0105. The first kappa shape index (κ1) is 23.8. The Kier molecular flexibility index (Phi) is 7.54. The second kappa shape index (κ2) is 10.8. The van der Waals surface area contributed by atoms with Gasteiger partial charge in [0, 0.05) is 38.1 Å². The highest BCUT2D eigenvalue weighted by atomic mass is 35.5. The lowest BCUT2D eigenvalue weighted by atomic mass is 9.81. The van der Waals surface area contributed by atoms with Crippen molar-refractivity contribution < 1.29 is 23.0 Å². The van der Waals surface area contributed by atoms with E-state index >= 15 is 0 Å². The number of ether oxygens (including phenoxy) is 3. The highest BCUT2D eigenvalue weighted by Crippen LogP contribution is 2.46. The molecule has 0 radical (unpaired) electrons. The molecule has 2 unspecified atom stereocenters. The zero-order chi connectivity index (χ0) is 23.5. The van der Waals surface area contributed by atoms with Gasteiger partial charge in [-0.05, 0) is 66.8 Å². The zero-order valence-electron chi connectivity index (χ0n) is 19.2. The van der Waals surface area contributed by atoms with Gasteiger partial charge in [0.05, 0.1) is 24.8 Å². The van der Waals surface area contributed by atoms with Crippen molar-refractivity contribution in [3.05, 3.63) is 58.1 Å². The molecule has 5 rings (SSSR count). The second-order valence-corrected chi connectivity index (χ2v) is 9.63. The van der Waals surface area contributed by atoms with Crippen molar-refractivity contribution in [2.45, 2.75) is 37.8 Å². The van der Waals surface area contributed by atoms with Gasteiger partial charge < -0.3 is 14.2 Å². The highest BCUT2D eigenvalue weighted by molar-refractivity contribution is 6.32. The van der Waals surface area contributed by atoms with Gasteiger partial charge in [-0.1, -0.05) is 23.7 Å². The fourth-order valence-electron chi connectivity index (χ4n) is 5.49. The van der Waals surface area contributed by atoms with Crippen molar-refractivity contribution in [1.29, 1.82) is 0 Å². The average molecular weight is 493 g/mol. The number of hydrogen-bond donors (Lipinski definition) is 0. The van der Waals surface area contributed by atoms with Crippen LogP contribution < -0.4 is 9.47 Å². The van der Waals surface area contributed by atoms with Crippen LogP contribution in [0.4, 0.5) is 8.78 Å². The minimum atomic E-state index is -2.89. The molecule has 0 amide bonds. The summed E-state index contributed by atoms with van der Waals surface area (Å²) in [6.45, 7) is 4.41. The third-order valence-corrected chi connectivity index (χ3v) is 7.43. The molecule has 3 aliphatic rings. The van der Waals surface area contributed by atoms with Crippen LogP contribution in [0.15, 0.2) is 36.4 Å². The summed E-state index contributed by atoms with van der Waals surface area (Å²) in [7, 11) is 0. The Balaban J connectivity index is 1.31. The van der Waals surface area contributed by atoms with Gasteiger partial charge in [-0.2, -0.15) is 8.78 Å². The summed E-state index contributed by atoms with van der Waals surface area (Å²) in [6, 6.07) is 12.0. The Bertz CT molecular complexity index is 987. The lowest BCUT2D eigenvalue weighted by Crippen LogP contribution is -2.37. The lowest BCUT2D eigenvalue weighted by molar-refractivity contribution is -0.0498. The maximum absolute atomic E-state index is 12.6. The molecule has 2 aromatic rings. The summed E-state index contributed by atoms with van der Waals surface area (Å²) >= 11 is 6.28. The number of halogens is 3. The predicted octanol–water partition coefficient (Wildman–Crippen LogP) is 5.32. The molecule has 5 nitrogen and oxygen atoms in total. The molecule has 3 heterocycles. The van der Waals surface area contributed by atoms with Crippen LogP contribution >= 0.6 is 11.6 Å². The monoisotopic (exact) mass is 492 g/mol. The first-order valence-corrected chi connectivity index (χ1v) is 12.5. The second-order valence-electron chi connectivity index (χ2n) is 9.22. The Labute approximate surface area is 204 Å². The number of fused-ring (bicyclic) bond motifs is 3. The van der Waals surface area contributed by atoms with Crippen LogP contribution in [-0.4, -0.2) is 69.0 Å². The van der Waals surface area contributed by atoms with E-state index in [1.165, 1.54) is 17.5 Å². The summed E-state index contributed by atoms with van der Waals surface area (Å²) in [6.07, 6.45) is 3.30. The summed E-state index contributed by atoms with van der Waals surface area (Å²) in [4.78, 5) is 4.94. The van der Waals surface area contributed by atoms with Gasteiger partial charge in [0.1, 0.15) is 11.5 Å². The van der Waals surface area contributed by atoms with Crippen molar-refractivity contribution in [3.8, 4) is 11.5 Å². The van der Waals surface area contributed by atoms with Gasteiger partial charge in [-0.15, -0.1) is 0 Å². The van der Waals surface area contributed by atoms with Gasteiger partial charge in [-0.25, -0.2) is 0 Å². The van der Waals surface area contributed by atoms with Crippen LogP contribution in [0, 0.1) is 0 Å². The van der Waals surface area contributed by atoms with Crippen LogP contribution in [-0.2, 0) is 4.74 Å². The van der Waals surface area contributed by atoms with Gasteiger partial charge in [0.25, 0.3) is 0 Å². The number of nitrogens with zero attached hydrogens (tertiary/aromatic N) is 2. The largest absolute Gasteiger partial charge is 0.494 e. The van der Waals surface area contributed by atoms with E-state index in [0.717, 1.165) is 70.1 Å². The van der Waals surface area contributed by atoms with Crippen molar-refractivity contribution in [2.24, 2.45) is 0 Å². The Hall–Kier alpha value is -1.93. The lowest BCUT2D eigenvalue weighted by Gasteiger charge is -2.38. The normalized spacial score (nSPS) is 23.1. The van der Waals surface area contributed by atoms with Crippen LogP contribution in [0.1, 0.15) is 47.9 Å². The molecule has 0 aromatic heterocycles. The van der Waals surface area contributed by atoms with E-state index < -0.39 is 6.61 Å². The SMILES string of the molecule is FC(F)Oc1ccc(C2CN3CCCC3c3cc(OCCCN4CCOCC4)ccc32)cc1Cl. The van der Waals surface area contributed by atoms with E-state index in [9.17, 15) is 8.78 Å². The van der Waals surface area contributed by atoms with E-state index in [1.807, 2.05) is 6.07 Å². The number of alkyl halides is 2. The van der Waals surface area contributed by atoms with E-state index in [1.54, 1.807) is 12.1 Å². The summed E-state index contributed by atoms with van der Waals surface area (Å²) in [5.41, 5.74) is 3.59. The first-order chi connectivity index (χ1) is 16.6. The molecule has 2 aromatic carbocycles. The highest BCUT2D eigenvalue weighted by Gasteiger charge is 2.37. The molecule has 0 N–H and O–H groups in total. The molecule has 0 spiro atoms. The van der Waals surface area contributed by atoms with Gasteiger partial charge in [0.15, 0.2) is 0 Å². The van der Waals surface area contributed by atoms with Crippen molar-refractivity contribution in [2.75, 3.05) is 52.5 Å². The molecule has 0 aliphatic carbocycles. The summed E-state index contributed by atoms with van der Waals surface area (Å²) in [5, 5.41) is 0.211. The molecule has 0 saturated carbocycles. The van der Waals surface area contributed by atoms with Gasteiger partial charge in [-0.3, -0.25) is 9.80 Å². The first-order valence-electron chi connectivity index (χ1n) is 12.1. The van der Waals surface area contributed by atoms with Crippen molar-refractivity contribution >= 4 is 11.6 Å². The summed E-state index contributed by atoms with van der Waals surface area (Å²) < 4.78 is 41.3. The van der Waals surface area contributed by atoms with E-state index in [2.05, 4.69) is 32.7 Å². The smallest absolute Gasteiger partial charge is 0.387 e. The fraction of sp³-hybridized carbons (Fsp3) is 0.538. The van der Waals surface area contributed by atoms with Crippen LogP contribution in [0.5, 0.6) is 11.5 Å². The standard InChI is InChI=1S/C26H31ClF2N2O3/c27-23-15-18(4-7-25(23)34-26(28)29)22-17-31-9-1-3-24(31)21-16-19(5-6-20(21)22)33-12-2-8-30-10-13-32-14-11-30/h4-7,15-16,22,24,26H,1-3,8-14,17H2. The molecule has 8 heteroatoms. The minimum Gasteiger partial charge on any atom is -0.494 e. The number of morpholine rings is 1. The molecule has 2 fully saturated rings. The average Bonchev–Trinajstić information content (AvgIpc) is 3.32. The molecular weight excluding hydrogens is 462 g/mol. The Morgan fingerprint density at radius 3 is 2.71 bits per heavy atom. The van der Waals surface area contributed by atoms with E-state index in [4.69, 9.17) is 21.1 Å². The van der Waals surface area contributed by atoms with E-state index in [-0.39, 0.29) is 16.7 Å². The molecular formula is C26H31ClF2N2O3. The fourth-order valence-corrected chi connectivity index (χ4v) is 5.73. The van der Waals surface area contributed by atoms with Crippen molar-refractivity contribution in [3.63, 3.8) is 0 Å². The Morgan fingerprint density at radius 2 is 1.91 bits per heavy atom. The topological polar surface area (TPSA) is 34.2 Å². The molecule has 34 heavy (non-hydrogen) atoms. The quantitative estimate of drug-likeness (QED) is 0.466. The molecule has 2 atom stereocenters. The predicted molar refractivity (Wildman–Crippen MR) is 127 cm³/mol. The molecule has 2 saturated heterocycles. The summed E-state index contributed by atoms with van der Waals surface area (Å²) in [5.74, 6) is 1.04. The van der Waals surface area contributed by atoms with E-state index in [0.29, 0.717) is 12.6 Å². The van der Waals surface area contributed by atoms with Gasteiger partial charge >= 0.3 is 6.61 Å². The van der Waals surface area contributed by atoms with Crippen LogP contribution in [0.3, 0.4) is 0 Å². The molecule has 3 aliphatic heterocycles. The van der Waals surface area contributed by atoms with Crippen LogP contribution in [0.25, 0.3) is 0 Å². The third-order valence-electron chi connectivity index (χ3n) is 7.14. The zero-order valence-corrected chi connectivity index (χ0v) is 20.0. The number of rotatable bonds is 8. The Morgan fingerprint density at radius 1 is 1.06 bits per heavy atom. The maximum Gasteiger partial charge on any atom is 0.387 e.